The van der Waals surface area contributed by atoms with Crippen molar-refractivity contribution >= 4 is 17.3 Å². The first-order valence-electron chi connectivity index (χ1n) is 7.20. The van der Waals surface area contributed by atoms with Gasteiger partial charge in [-0.05, 0) is 55.2 Å². The third kappa shape index (κ3) is 3.55. The number of hydrogen-bond donors (Lipinski definition) is 1. The van der Waals surface area contributed by atoms with Crippen molar-refractivity contribution in [2.75, 3.05) is 5.32 Å². The third-order valence-electron chi connectivity index (χ3n) is 3.78. The Bertz CT molecular complexity index is 560. The number of rotatable bonds is 5. The van der Waals surface area contributed by atoms with Crippen LogP contribution < -0.4 is 5.32 Å². The van der Waals surface area contributed by atoms with Crippen LogP contribution in [0.4, 0.5) is 5.69 Å². The summed E-state index contributed by atoms with van der Waals surface area (Å²) >= 11 is 5.98. The summed E-state index contributed by atoms with van der Waals surface area (Å²) in [5.41, 5.74) is 5.15. The van der Waals surface area contributed by atoms with E-state index in [1.54, 1.807) is 0 Å². The monoisotopic (exact) mass is 287 g/mol. The molecule has 1 N–H and O–H groups in total. The highest BCUT2D eigenvalue weighted by atomic mass is 35.5. The number of anilines is 1. The molecule has 1 atom stereocenters. The van der Waals surface area contributed by atoms with Crippen LogP contribution in [0.2, 0.25) is 5.02 Å². The molecule has 0 bridgehead atoms. The summed E-state index contributed by atoms with van der Waals surface area (Å²) in [6, 6.07) is 14.9. The quantitative estimate of drug-likeness (QED) is 0.721. The van der Waals surface area contributed by atoms with Crippen molar-refractivity contribution in [2.45, 2.75) is 39.7 Å². The van der Waals surface area contributed by atoms with E-state index in [4.69, 9.17) is 11.6 Å². The van der Waals surface area contributed by atoms with Crippen LogP contribution in [0.15, 0.2) is 42.5 Å². The van der Waals surface area contributed by atoms with E-state index in [0.717, 1.165) is 17.9 Å². The molecule has 2 aromatic rings. The Morgan fingerprint density at radius 3 is 2.40 bits per heavy atom. The number of aryl methyl sites for hydroxylation is 1. The standard InChI is InChI=1S/C18H22ClN/c1-4-6-18(15-9-11-16(19)12-10-15)20-17-8-5-7-13(2)14(17)3/h5,7-12,18,20H,4,6H2,1-3H3. The molecule has 0 amide bonds. The number of hydrogen-bond acceptors (Lipinski definition) is 1. The molecule has 20 heavy (non-hydrogen) atoms. The molecule has 0 saturated heterocycles. The molecule has 0 radical (unpaired) electrons. The number of benzene rings is 2. The highest BCUT2D eigenvalue weighted by Gasteiger charge is 2.12. The fourth-order valence-electron chi connectivity index (χ4n) is 2.40. The minimum atomic E-state index is 0.331. The SMILES string of the molecule is CCCC(Nc1cccc(C)c1C)c1ccc(Cl)cc1. The van der Waals surface area contributed by atoms with Gasteiger partial charge in [0.25, 0.3) is 0 Å². The lowest BCUT2D eigenvalue weighted by atomic mass is 10.0. The predicted molar refractivity (Wildman–Crippen MR) is 88.6 cm³/mol. The topological polar surface area (TPSA) is 12.0 Å². The molecule has 0 spiro atoms. The van der Waals surface area contributed by atoms with Crippen molar-refractivity contribution in [2.24, 2.45) is 0 Å². The number of halogens is 1. The van der Waals surface area contributed by atoms with Gasteiger partial charge in [0.2, 0.25) is 0 Å². The summed E-state index contributed by atoms with van der Waals surface area (Å²) < 4.78 is 0. The summed E-state index contributed by atoms with van der Waals surface area (Å²) in [6.45, 7) is 6.54. The highest BCUT2D eigenvalue weighted by molar-refractivity contribution is 6.30. The lowest BCUT2D eigenvalue weighted by Crippen LogP contribution is -2.11. The van der Waals surface area contributed by atoms with Crippen molar-refractivity contribution < 1.29 is 0 Å². The van der Waals surface area contributed by atoms with Crippen LogP contribution in [-0.2, 0) is 0 Å². The second-order valence-electron chi connectivity index (χ2n) is 5.28. The zero-order chi connectivity index (χ0) is 14.5. The van der Waals surface area contributed by atoms with Gasteiger partial charge in [-0.25, -0.2) is 0 Å². The normalized spacial score (nSPS) is 12.2. The molecule has 1 nitrogen and oxygen atoms in total. The molecule has 0 aromatic heterocycles. The molecule has 0 fully saturated rings. The van der Waals surface area contributed by atoms with E-state index < -0.39 is 0 Å². The van der Waals surface area contributed by atoms with Crippen molar-refractivity contribution in [3.8, 4) is 0 Å². The first kappa shape index (κ1) is 14.9. The van der Waals surface area contributed by atoms with Crippen LogP contribution in [0.1, 0.15) is 42.5 Å². The fraction of sp³-hybridized carbons (Fsp3) is 0.333. The molecule has 2 heteroatoms. The van der Waals surface area contributed by atoms with E-state index in [-0.39, 0.29) is 0 Å². The van der Waals surface area contributed by atoms with Gasteiger partial charge in [0.15, 0.2) is 0 Å². The minimum Gasteiger partial charge on any atom is -0.378 e. The van der Waals surface area contributed by atoms with Gasteiger partial charge in [-0.2, -0.15) is 0 Å². The van der Waals surface area contributed by atoms with E-state index in [1.807, 2.05) is 12.1 Å². The van der Waals surface area contributed by atoms with Gasteiger partial charge >= 0.3 is 0 Å². The largest absolute Gasteiger partial charge is 0.378 e. The second kappa shape index (κ2) is 6.81. The summed E-state index contributed by atoms with van der Waals surface area (Å²) in [6.07, 6.45) is 2.25. The van der Waals surface area contributed by atoms with Gasteiger partial charge in [0, 0.05) is 10.7 Å². The lowest BCUT2D eigenvalue weighted by Gasteiger charge is -2.22. The molecule has 0 aliphatic rings. The van der Waals surface area contributed by atoms with E-state index in [9.17, 15) is 0 Å². The van der Waals surface area contributed by atoms with Crippen molar-refractivity contribution in [3.05, 3.63) is 64.2 Å². The lowest BCUT2D eigenvalue weighted by molar-refractivity contribution is 0.677. The summed E-state index contributed by atoms with van der Waals surface area (Å²) in [4.78, 5) is 0. The Hall–Kier alpha value is -1.47. The van der Waals surface area contributed by atoms with E-state index >= 15 is 0 Å². The van der Waals surface area contributed by atoms with Gasteiger partial charge in [-0.1, -0.05) is 49.2 Å². The molecule has 1 unspecified atom stereocenters. The Balaban J connectivity index is 2.25. The van der Waals surface area contributed by atoms with E-state index in [2.05, 4.69) is 56.4 Å². The molecular formula is C18H22ClN. The minimum absolute atomic E-state index is 0.331. The molecule has 2 aromatic carbocycles. The van der Waals surface area contributed by atoms with Crippen molar-refractivity contribution in [3.63, 3.8) is 0 Å². The molecule has 0 heterocycles. The predicted octanol–water partition coefficient (Wildman–Crippen LogP) is 5.91. The number of nitrogens with one attached hydrogen (secondary N) is 1. The zero-order valence-corrected chi connectivity index (χ0v) is 13.2. The zero-order valence-electron chi connectivity index (χ0n) is 12.4. The maximum Gasteiger partial charge on any atom is 0.0513 e. The van der Waals surface area contributed by atoms with E-state index in [1.165, 1.54) is 22.4 Å². The van der Waals surface area contributed by atoms with Gasteiger partial charge in [-0.15, -0.1) is 0 Å². The van der Waals surface area contributed by atoms with Gasteiger partial charge < -0.3 is 5.32 Å². The van der Waals surface area contributed by atoms with Crippen LogP contribution >= 0.6 is 11.6 Å². The maximum atomic E-state index is 5.98. The van der Waals surface area contributed by atoms with Crippen LogP contribution in [0, 0.1) is 13.8 Å². The van der Waals surface area contributed by atoms with Crippen LogP contribution in [0.3, 0.4) is 0 Å². The first-order valence-corrected chi connectivity index (χ1v) is 7.58. The molecule has 0 aliphatic carbocycles. The van der Waals surface area contributed by atoms with E-state index in [0.29, 0.717) is 6.04 Å². The smallest absolute Gasteiger partial charge is 0.0513 e. The highest BCUT2D eigenvalue weighted by Crippen LogP contribution is 2.27. The maximum absolute atomic E-state index is 5.98. The van der Waals surface area contributed by atoms with Crippen molar-refractivity contribution in [1.29, 1.82) is 0 Å². The summed E-state index contributed by atoms with van der Waals surface area (Å²) in [5, 5.41) is 4.47. The summed E-state index contributed by atoms with van der Waals surface area (Å²) in [5.74, 6) is 0. The average Bonchev–Trinajstić information content (AvgIpc) is 2.44. The molecule has 0 saturated carbocycles. The molecular weight excluding hydrogens is 266 g/mol. The van der Waals surface area contributed by atoms with Gasteiger partial charge in [-0.3, -0.25) is 0 Å². The Kier molecular flexibility index (Phi) is 5.08. The van der Waals surface area contributed by atoms with Crippen LogP contribution in [0.5, 0.6) is 0 Å². The second-order valence-corrected chi connectivity index (χ2v) is 5.72. The average molecular weight is 288 g/mol. The Morgan fingerprint density at radius 2 is 1.75 bits per heavy atom. The Morgan fingerprint density at radius 1 is 1.05 bits per heavy atom. The van der Waals surface area contributed by atoms with Crippen LogP contribution in [-0.4, -0.2) is 0 Å². The molecule has 0 aliphatic heterocycles. The van der Waals surface area contributed by atoms with Crippen molar-refractivity contribution in [1.82, 2.24) is 0 Å². The first-order chi connectivity index (χ1) is 9.61. The van der Waals surface area contributed by atoms with Gasteiger partial charge in [0.05, 0.1) is 6.04 Å². The molecule has 2 rings (SSSR count). The fourth-order valence-corrected chi connectivity index (χ4v) is 2.53. The molecule has 106 valence electrons. The van der Waals surface area contributed by atoms with Gasteiger partial charge in [0.1, 0.15) is 0 Å². The third-order valence-corrected chi connectivity index (χ3v) is 4.04. The Labute approximate surface area is 127 Å². The summed E-state index contributed by atoms with van der Waals surface area (Å²) in [7, 11) is 0. The van der Waals surface area contributed by atoms with Crippen LogP contribution in [0.25, 0.3) is 0 Å².